The molecule has 0 atom stereocenters. The van der Waals surface area contributed by atoms with Crippen molar-refractivity contribution in [2.45, 2.75) is 35.8 Å². The van der Waals surface area contributed by atoms with Crippen molar-refractivity contribution in [2.75, 3.05) is 30.3 Å². The molecule has 2 aliphatic heterocycles. The van der Waals surface area contributed by atoms with E-state index in [9.17, 15) is 13.2 Å². The third-order valence-corrected chi connectivity index (χ3v) is 9.19. The molecule has 0 spiro atoms. The maximum Gasteiger partial charge on any atom is 0.277 e. The highest BCUT2D eigenvalue weighted by molar-refractivity contribution is 7.99. The van der Waals surface area contributed by atoms with E-state index in [1.165, 1.54) is 23.1 Å². The zero-order valence-electron chi connectivity index (χ0n) is 17.3. The van der Waals surface area contributed by atoms with Gasteiger partial charge in [0, 0.05) is 25.3 Å². The summed E-state index contributed by atoms with van der Waals surface area (Å²) in [6.45, 7) is 1.76. The summed E-state index contributed by atoms with van der Waals surface area (Å²) in [5.74, 6) is 0.547. The van der Waals surface area contributed by atoms with Crippen molar-refractivity contribution in [1.82, 2.24) is 14.5 Å². The molecule has 2 aliphatic rings. The van der Waals surface area contributed by atoms with Gasteiger partial charge in [-0.05, 0) is 60.9 Å². The highest BCUT2D eigenvalue weighted by Gasteiger charge is 2.30. The van der Waals surface area contributed by atoms with Crippen molar-refractivity contribution in [3.05, 3.63) is 41.3 Å². The maximum atomic E-state index is 13.0. The monoisotopic (exact) mass is 490 g/mol. The molecule has 1 fully saturated rings. The third kappa shape index (κ3) is 4.21. The molecule has 4 heterocycles. The van der Waals surface area contributed by atoms with Gasteiger partial charge < -0.3 is 9.32 Å². The van der Waals surface area contributed by atoms with Gasteiger partial charge in [0.2, 0.25) is 15.9 Å². The summed E-state index contributed by atoms with van der Waals surface area (Å²) < 4.78 is 33.0. The first-order valence-electron chi connectivity index (χ1n) is 10.5. The molecule has 1 saturated heterocycles. The van der Waals surface area contributed by atoms with E-state index >= 15 is 0 Å². The molecule has 0 bridgehead atoms. The summed E-state index contributed by atoms with van der Waals surface area (Å²) in [7, 11) is -3.47. The van der Waals surface area contributed by atoms with Crippen LogP contribution in [0.3, 0.4) is 0 Å². The van der Waals surface area contributed by atoms with Gasteiger partial charge in [-0.25, -0.2) is 8.42 Å². The Morgan fingerprint density at radius 1 is 1.12 bits per heavy atom. The van der Waals surface area contributed by atoms with E-state index in [-0.39, 0.29) is 11.7 Å². The number of amides is 1. The highest BCUT2D eigenvalue weighted by atomic mass is 32.2. The van der Waals surface area contributed by atoms with Gasteiger partial charge in [-0.2, -0.15) is 4.31 Å². The fourth-order valence-electron chi connectivity index (χ4n) is 4.04. The van der Waals surface area contributed by atoms with Crippen LogP contribution in [-0.4, -0.2) is 54.2 Å². The lowest BCUT2D eigenvalue weighted by molar-refractivity contribution is -0.116. The number of sulfonamides is 1. The first-order valence-corrected chi connectivity index (χ1v) is 13.8. The van der Waals surface area contributed by atoms with Crippen molar-refractivity contribution in [1.29, 1.82) is 0 Å². The SMILES string of the molecule is O=C(CSc1nnc(-c2cccs2)o1)N1CCCc2cc(S(=O)(=O)N3CCCC3)ccc21. The number of anilines is 1. The minimum Gasteiger partial charge on any atom is -0.410 e. The topological polar surface area (TPSA) is 96.6 Å². The van der Waals surface area contributed by atoms with Gasteiger partial charge in [-0.1, -0.05) is 17.8 Å². The lowest BCUT2D eigenvalue weighted by Gasteiger charge is -2.30. The summed E-state index contributed by atoms with van der Waals surface area (Å²) in [4.78, 5) is 15.9. The van der Waals surface area contributed by atoms with Gasteiger partial charge in [0.15, 0.2) is 0 Å². The van der Waals surface area contributed by atoms with Gasteiger partial charge in [-0.15, -0.1) is 21.5 Å². The molecule has 168 valence electrons. The number of aryl methyl sites for hydroxylation is 1. The Morgan fingerprint density at radius 2 is 1.97 bits per heavy atom. The predicted octanol–water partition coefficient (Wildman–Crippen LogP) is 3.65. The van der Waals surface area contributed by atoms with Crippen LogP contribution < -0.4 is 4.90 Å². The standard InChI is InChI=1S/C21H22N4O4S3/c26-19(14-31-21-23-22-20(29-21)18-6-4-12-30-18)25-11-3-5-15-13-16(7-8-17(15)25)32(27,28)24-9-1-2-10-24/h4,6-8,12-13H,1-3,5,9-11,14H2. The predicted molar refractivity (Wildman–Crippen MR) is 123 cm³/mol. The minimum atomic E-state index is -3.47. The van der Waals surface area contributed by atoms with Crippen molar-refractivity contribution < 1.29 is 17.6 Å². The Kier molecular flexibility index (Phi) is 6.06. The second-order valence-electron chi connectivity index (χ2n) is 7.69. The Labute approximate surface area is 194 Å². The quantitative estimate of drug-likeness (QED) is 0.487. The van der Waals surface area contributed by atoms with E-state index in [1.807, 2.05) is 17.5 Å². The molecule has 1 amide bonds. The van der Waals surface area contributed by atoms with Gasteiger partial charge in [0.25, 0.3) is 11.1 Å². The molecule has 0 N–H and O–H groups in total. The van der Waals surface area contributed by atoms with Crippen LogP contribution in [0.5, 0.6) is 0 Å². The molecule has 11 heteroatoms. The van der Waals surface area contributed by atoms with Gasteiger partial charge >= 0.3 is 0 Å². The van der Waals surface area contributed by atoms with Gasteiger partial charge in [0.05, 0.1) is 15.5 Å². The smallest absolute Gasteiger partial charge is 0.277 e. The molecule has 3 aromatic rings. The van der Waals surface area contributed by atoms with E-state index in [4.69, 9.17) is 4.42 Å². The number of rotatable bonds is 6. The van der Waals surface area contributed by atoms with Crippen molar-refractivity contribution >= 4 is 44.7 Å². The fourth-order valence-corrected chi connectivity index (χ4v) is 6.89. The van der Waals surface area contributed by atoms with E-state index in [0.29, 0.717) is 35.6 Å². The first-order chi connectivity index (χ1) is 15.5. The summed E-state index contributed by atoms with van der Waals surface area (Å²) in [5.41, 5.74) is 1.68. The van der Waals surface area contributed by atoms with E-state index in [0.717, 1.165) is 41.8 Å². The highest BCUT2D eigenvalue weighted by Crippen LogP contribution is 2.32. The van der Waals surface area contributed by atoms with Crippen LogP contribution in [0.2, 0.25) is 0 Å². The van der Waals surface area contributed by atoms with Gasteiger partial charge in [-0.3, -0.25) is 4.79 Å². The molecule has 5 rings (SSSR count). The summed E-state index contributed by atoms with van der Waals surface area (Å²) >= 11 is 2.72. The summed E-state index contributed by atoms with van der Waals surface area (Å²) in [5, 5.41) is 10.3. The Balaban J connectivity index is 1.29. The molecule has 0 aliphatic carbocycles. The molecule has 0 unspecified atom stereocenters. The fraction of sp³-hybridized carbons (Fsp3) is 0.381. The Morgan fingerprint density at radius 3 is 2.75 bits per heavy atom. The number of nitrogens with zero attached hydrogens (tertiary/aromatic N) is 4. The second kappa shape index (κ2) is 8.97. The first kappa shape index (κ1) is 21.6. The molecule has 32 heavy (non-hydrogen) atoms. The number of fused-ring (bicyclic) bond motifs is 1. The van der Waals surface area contributed by atoms with Crippen LogP contribution in [0.1, 0.15) is 24.8 Å². The maximum absolute atomic E-state index is 13.0. The normalized spacial score (nSPS) is 16.9. The average Bonchev–Trinajstić information content (AvgIpc) is 3.58. The second-order valence-corrected chi connectivity index (χ2v) is 11.5. The minimum absolute atomic E-state index is 0.0676. The number of aromatic nitrogens is 2. The van der Waals surface area contributed by atoms with E-state index in [1.54, 1.807) is 27.4 Å². The third-order valence-electron chi connectivity index (χ3n) is 5.63. The Bertz CT molecular complexity index is 1220. The largest absolute Gasteiger partial charge is 0.410 e. The lowest BCUT2D eigenvalue weighted by atomic mass is 10.0. The zero-order valence-corrected chi connectivity index (χ0v) is 19.7. The van der Waals surface area contributed by atoms with Crippen molar-refractivity contribution in [3.63, 3.8) is 0 Å². The molecule has 2 aromatic heterocycles. The van der Waals surface area contributed by atoms with Crippen molar-refractivity contribution in [3.8, 4) is 10.8 Å². The van der Waals surface area contributed by atoms with Crippen molar-refractivity contribution in [2.24, 2.45) is 0 Å². The summed E-state index contributed by atoms with van der Waals surface area (Å²) in [6, 6.07) is 8.94. The Hall–Kier alpha value is -2.21. The van der Waals surface area contributed by atoms with Crippen LogP contribution in [0, 0.1) is 0 Å². The molecule has 8 nitrogen and oxygen atoms in total. The zero-order chi connectivity index (χ0) is 22.1. The van der Waals surface area contributed by atoms with E-state index < -0.39 is 10.0 Å². The average molecular weight is 491 g/mol. The molecular weight excluding hydrogens is 468 g/mol. The van der Waals surface area contributed by atoms with E-state index in [2.05, 4.69) is 10.2 Å². The number of hydrogen-bond donors (Lipinski definition) is 0. The summed E-state index contributed by atoms with van der Waals surface area (Å²) in [6.07, 6.45) is 3.35. The van der Waals surface area contributed by atoms with Crippen LogP contribution >= 0.6 is 23.1 Å². The van der Waals surface area contributed by atoms with Gasteiger partial charge in [0.1, 0.15) is 0 Å². The number of benzene rings is 1. The number of carbonyl (C=O) groups excluding carboxylic acids is 1. The number of hydrogen-bond acceptors (Lipinski definition) is 8. The van der Waals surface area contributed by atoms with Crippen LogP contribution in [0.4, 0.5) is 5.69 Å². The van der Waals surface area contributed by atoms with Crippen LogP contribution in [0.25, 0.3) is 10.8 Å². The molecule has 1 aromatic carbocycles. The molecule has 0 saturated carbocycles. The number of carbonyl (C=O) groups is 1. The number of thiophene rings is 1. The number of thioether (sulfide) groups is 1. The molecular formula is C21H22N4O4S3. The van der Waals surface area contributed by atoms with Crippen LogP contribution in [-0.2, 0) is 21.2 Å². The lowest BCUT2D eigenvalue weighted by Crippen LogP contribution is -2.37. The van der Waals surface area contributed by atoms with Crippen LogP contribution in [0.15, 0.2) is 50.2 Å². The molecule has 0 radical (unpaired) electrons.